The Labute approximate surface area is 130 Å². The van der Waals surface area contributed by atoms with Crippen molar-refractivity contribution in [1.29, 1.82) is 0 Å². The van der Waals surface area contributed by atoms with Crippen molar-refractivity contribution in [2.75, 3.05) is 0 Å². The van der Waals surface area contributed by atoms with Crippen LogP contribution in [0.5, 0.6) is 0 Å². The molecule has 0 unspecified atom stereocenters. The minimum Gasteiger partial charge on any atom is -0.393 e. The lowest BCUT2D eigenvalue weighted by molar-refractivity contribution is -0.0913. The largest absolute Gasteiger partial charge is 0.393 e. The second kappa shape index (κ2) is 4.71. The molecule has 2 nitrogen and oxygen atoms in total. The smallest absolute Gasteiger partial charge is 0.0600 e. The fourth-order valence-electron chi connectivity index (χ4n) is 6.03. The summed E-state index contributed by atoms with van der Waals surface area (Å²) in [5.41, 5.74) is -0.0448. The first-order valence-corrected chi connectivity index (χ1v) is 8.34. The van der Waals surface area contributed by atoms with E-state index >= 15 is 0 Å². The summed E-state index contributed by atoms with van der Waals surface area (Å²) in [5.74, 6) is 0.548. The van der Waals surface area contributed by atoms with Gasteiger partial charge in [0.2, 0.25) is 0 Å². The second-order valence-electron chi connectivity index (χ2n) is 7.79. The minimum atomic E-state index is -2.69. The van der Waals surface area contributed by atoms with Crippen LogP contribution in [0, 0.1) is 35.0 Å². The zero-order valence-electron chi connectivity index (χ0n) is 17.3. The van der Waals surface area contributed by atoms with Crippen molar-refractivity contribution in [2.24, 2.45) is 35.0 Å². The highest BCUT2D eigenvalue weighted by molar-refractivity contribution is 5.06. The zero-order chi connectivity index (χ0) is 18.4. The molecule has 2 heteroatoms. The summed E-state index contributed by atoms with van der Waals surface area (Å²) in [4.78, 5) is 0. The summed E-state index contributed by atoms with van der Waals surface area (Å²) >= 11 is 0. The van der Waals surface area contributed by atoms with Crippen LogP contribution in [0.4, 0.5) is 0 Å². The topological polar surface area (TPSA) is 40.5 Å². The number of aliphatic hydroxyl groups is 2. The molecule has 4 aliphatic rings. The van der Waals surface area contributed by atoms with Crippen LogP contribution in [0.1, 0.15) is 71.5 Å². The summed E-state index contributed by atoms with van der Waals surface area (Å²) in [7, 11) is 0. The van der Waals surface area contributed by atoms with Gasteiger partial charge in [-0.2, -0.15) is 0 Å². The monoisotopic (exact) mass is 283 g/mol. The maximum Gasteiger partial charge on any atom is 0.0600 e. The van der Waals surface area contributed by atoms with Gasteiger partial charge >= 0.3 is 0 Å². The van der Waals surface area contributed by atoms with Crippen molar-refractivity contribution in [3.05, 3.63) is 0 Å². The molecule has 20 heavy (non-hydrogen) atoms. The molecule has 4 saturated carbocycles. The summed E-state index contributed by atoms with van der Waals surface area (Å²) < 4.78 is 41.2. The van der Waals surface area contributed by atoms with Crippen LogP contribution in [-0.4, -0.2) is 22.4 Å². The molecule has 114 valence electrons. The number of rotatable bonds is 0. The first kappa shape index (κ1) is 9.15. The molecule has 0 amide bonds. The summed E-state index contributed by atoms with van der Waals surface area (Å²) in [5, 5.41) is 20.8. The van der Waals surface area contributed by atoms with Gasteiger partial charge in [0.1, 0.15) is 0 Å². The highest BCUT2D eigenvalue weighted by Gasteiger charge is 2.56. The highest BCUT2D eigenvalue weighted by Crippen LogP contribution is 2.62. The lowest BCUT2D eigenvalue weighted by Crippen LogP contribution is -2.49. The molecule has 2 N–H and O–H groups in total. The molecule has 0 radical (unpaired) electrons. The molecule has 0 aromatic carbocycles. The number of hydrogen-bond donors (Lipinski definition) is 2. The van der Waals surface area contributed by atoms with E-state index in [1.807, 2.05) is 0 Å². The summed E-state index contributed by atoms with van der Waals surface area (Å²) in [6.07, 6.45) is -2.19. The molecule has 0 aromatic rings. The predicted octanol–water partition coefficient (Wildman–Crippen LogP) is 3.36. The Balaban J connectivity index is 1.67. The van der Waals surface area contributed by atoms with Crippen LogP contribution in [-0.2, 0) is 0 Å². The molecular formula is C18H30O2. The van der Waals surface area contributed by atoms with Crippen molar-refractivity contribution in [2.45, 2.75) is 76.8 Å². The third-order valence-corrected chi connectivity index (χ3v) is 7.15. The van der Waals surface area contributed by atoms with Crippen molar-refractivity contribution < 1.29 is 17.1 Å². The van der Waals surface area contributed by atoms with Crippen molar-refractivity contribution in [1.82, 2.24) is 0 Å². The predicted molar refractivity (Wildman–Crippen MR) is 79.1 cm³/mol. The standard InChI is InChI=1S/C18H30O2/c1-18-9-8-14-13-5-3-12(19)10-11(13)2-4-15(14)16(18)6-7-17(18)20/h11-17,19-20H,2-10H2,1H3/t11-,12-,13-,14+,15+,16-,17-,18-/m0/s1/i3D2,10D2,12D. The fourth-order valence-corrected chi connectivity index (χ4v) is 6.03. The second-order valence-corrected chi connectivity index (χ2v) is 7.79. The van der Waals surface area contributed by atoms with Gasteiger partial charge in [0.05, 0.1) is 13.6 Å². The Hall–Kier alpha value is -0.0800. The Bertz CT molecular complexity index is 566. The van der Waals surface area contributed by atoms with Gasteiger partial charge < -0.3 is 10.2 Å². The quantitative estimate of drug-likeness (QED) is 0.715. The Morgan fingerprint density at radius 1 is 1.00 bits per heavy atom. The van der Waals surface area contributed by atoms with E-state index in [4.69, 9.17) is 6.85 Å². The van der Waals surface area contributed by atoms with Gasteiger partial charge in [-0.1, -0.05) is 6.92 Å². The maximum absolute atomic E-state index is 10.5. The van der Waals surface area contributed by atoms with Gasteiger partial charge in [-0.25, -0.2) is 0 Å². The molecule has 4 aliphatic carbocycles. The summed E-state index contributed by atoms with van der Waals surface area (Å²) in [6, 6.07) is 0. The van der Waals surface area contributed by atoms with Crippen LogP contribution in [0.25, 0.3) is 0 Å². The van der Waals surface area contributed by atoms with Crippen LogP contribution < -0.4 is 0 Å². The first-order chi connectivity index (χ1) is 11.4. The molecule has 8 atom stereocenters. The van der Waals surface area contributed by atoms with Crippen LogP contribution in [0.3, 0.4) is 0 Å². The average molecular weight is 283 g/mol. The molecule has 0 aromatic heterocycles. The van der Waals surface area contributed by atoms with E-state index in [9.17, 15) is 10.2 Å². The highest BCUT2D eigenvalue weighted by atomic mass is 16.3. The third kappa shape index (κ3) is 1.83. The van der Waals surface area contributed by atoms with Crippen molar-refractivity contribution in [3.8, 4) is 0 Å². The van der Waals surface area contributed by atoms with Gasteiger partial charge in [0, 0.05) is 5.48 Å². The van der Waals surface area contributed by atoms with E-state index in [1.165, 1.54) is 0 Å². The van der Waals surface area contributed by atoms with E-state index < -0.39 is 24.7 Å². The Morgan fingerprint density at radius 2 is 1.85 bits per heavy atom. The minimum absolute atomic E-state index is 0.0448. The van der Waals surface area contributed by atoms with Gasteiger partial charge in [-0.3, -0.25) is 0 Å². The molecule has 0 bridgehead atoms. The lowest BCUT2D eigenvalue weighted by atomic mass is 9.50. The van der Waals surface area contributed by atoms with Crippen molar-refractivity contribution in [3.63, 3.8) is 0 Å². The van der Waals surface area contributed by atoms with E-state index in [0.29, 0.717) is 18.3 Å². The number of hydrogen-bond acceptors (Lipinski definition) is 2. The molecule has 4 rings (SSSR count). The fraction of sp³-hybridized carbons (Fsp3) is 1.00. The van der Waals surface area contributed by atoms with E-state index in [1.54, 1.807) is 0 Å². The van der Waals surface area contributed by atoms with E-state index in [0.717, 1.165) is 32.1 Å². The molecule has 0 saturated heterocycles. The Kier molecular flexibility index (Phi) is 2.15. The number of aliphatic hydroxyl groups excluding tert-OH is 1. The van der Waals surface area contributed by atoms with Gasteiger partial charge in [-0.15, -0.1) is 0 Å². The molecule has 0 heterocycles. The zero-order valence-corrected chi connectivity index (χ0v) is 12.3. The van der Waals surface area contributed by atoms with Gasteiger partial charge in [0.15, 0.2) is 0 Å². The van der Waals surface area contributed by atoms with Crippen molar-refractivity contribution >= 4 is 0 Å². The normalized spacial score (nSPS) is 71.0. The van der Waals surface area contributed by atoms with Gasteiger partial charge in [-0.05, 0) is 92.7 Å². The first-order valence-electron chi connectivity index (χ1n) is 10.8. The maximum atomic E-state index is 10.5. The number of fused-ring (bicyclic) bond motifs is 5. The third-order valence-electron chi connectivity index (χ3n) is 7.15. The summed E-state index contributed by atoms with van der Waals surface area (Å²) in [6.45, 7) is 2.19. The SMILES string of the molecule is [2H]C1([2H])C[C@@H]2[C@H]3CC[C@]4(C)[C@@H](O)CC[C@H]4[C@@H]3CC[C@H]2C([2H])([2H])[C@@]1([2H])O. The molecule has 0 aliphatic heterocycles. The molecule has 4 fully saturated rings. The molecule has 0 spiro atoms. The average Bonchev–Trinajstić information content (AvgIpc) is 2.81. The van der Waals surface area contributed by atoms with Gasteiger partial charge in [0.25, 0.3) is 0 Å². The van der Waals surface area contributed by atoms with Crippen LogP contribution >= 0.6 is 0 Å². The van der Waals surface area contributed by atoms with Crippen LogP contribution in [0.2, 0.25) is 0 Å². The van der Waals surface area contributed by atoms with Crippen LogP contribution in [0.15, 0.2) is 0 Å². The van der Waals surface area contributed by atoms with E-state index in [-0.39, 0.29) is 29.8 Å². The van der Waals surface area contributed by atoms with E-state index in [2.05, 4.69) is 6.92 Å². The Morgan fingerprint density at radius 3 is 2.70 bits per heavy atom. The molecular weight excluding hydrogens is 248 g/mol. The lowest BCUT2D eigenvalue weighted by Gasteiger charge is -2.55.